The summed E-state index contributed by atoms with van der Waals surface area (Å²) in [5.41, 5.74) is 0.570. The molecule has 0 aliphatic rings. The third kappa shape index (κ3) is 1.92. The topological polar surface area (TPSA) is 50.2 Å². The second kappa shape index (κ2) is 3.49. The molecule has 0 saturated carbocycles. The Bertz CT molecular complexity index is 318. The Morgan fingerprint density at radius 2 is 2.25 bits per heavy atom. The maximum Gasteiger partial charge on any atom is 0.335 e. The molecule has 0 amide bonds. The lowest BCUT2D eigenvalue weighted by molar-refractivity contribution is -0.130. The van der Waals surface area contributed by atoms with E-state index in [0.29, 0.717) is 10.2 Å². The second-order valence-corrected chi connectivity index (χ2v) is 2.97. The van der Waals surface area contributed by atoms with Crippen LogP contribution in [0, 0.1) is 0 Å². The molecule has 0 fully saturated rings. The van der Waals surface area contributed by atoms with Crippen molar-refractivity contribution < 1.29 is 9.90 Å². The number of aliphatic carboxylic acids is 1. The van der Waals surface area contributed by atoms with Crippen molar-refractivity contribution in [2.24, 2.45) is 0 Å². The molecule has 0 radical (unpaired) electrons. The molecular formula is C8H6BrNO2. The predicted octanol–water partition coefficient (Wildman–Crippen LogP) is 1.94. The molecule has 0 bridgehead atoms. The van der Waals surface area contributed by atoms with Crippen LogP contribution in [0.5, 0.6) is 0 Å². The Morgan fingerprint density at radius 3 is 2.67 bits per heavy atom. The van der Waals surface area contributed by atoms with Crippen LogP contribution in [0.1, 0.15) is 5.56 Å². The highest BCUT2D eigenvalue weighted by molar-refractivity contribution is 9.10. The first kappa shape index (κ1) is 8.93. The summed E-state index contributed by atoms with van der Waals surface area (Å²) in [4.78, 5) is 14.3. The van der Waals surface area contributed by atoms with Crippen molar-refractivity contribution >= 4 is 27.5 Å². The summed E-state index contributed by atoms with van der Waals surface area (Å²) in [5.74, 6) is -1.03. The van der Waals surface area contributed by atoms with Gasteiger partial charge in [0, 0.05) is 11.8 Å². The molecule has 0 saturated heterocycles. The molecule has 0 aliphatic heterocycles. The maximum atomic E-state index is 10.4. The minimum atomic E-state index is -1.03. The summed E-state index contributed by atoms with van der Waals surface area (Å²) >= 11 is 3.14. The second-order valence-electron chi connectivity index (χ2n) is 2.15. The fraction of sp³-hybridized carbons (Fsp3) is 0. The summed E-state index contributed by atoms with van der Waals surface area (Å²) in [5, 5.41) is 8.57. The summed E-state index contributed by atoms with van der Waals surface area (Å²) in [7, 11) is 0. The Kier molecular flexibility index (Phi) is 2.60. The number of aromatic nitrogens is 1. The lowest BCUT2D eigenvalue weighted by atomic mass is 10.1. The van der Waals surface area contributed by atoms with E-state index < -0.39 is 5.97 Å². The molecule has 0 aliphatic carbocycles. The van der Waals surface area contributed by atoms with E-state index in [-0.39, 0.29) is 5.57 Å². The first-order chi connectivity index (χ1) is 5.61. The van der Waals surface area contributed by atoms with Gasteiger partial charge in [0.05, 0.1) is 5.57 Å². The molecule has 3 nitrogen and oxygen atoms in total. The number of hydrogen-bond acceptors (Lipinski definition) is 2. The van der Waals surface area contributed by atoms with Gasteiger partial charge in [0.25, 0.3) is 0 Å². The largest absolute Gasteiger partial charge is 0.478 e. The summed E-state index contributed by atoms with van der Waals surface area (Å²) < 4.78 is 0.671. The number of carbonyl (C=O) groups is 1. The molecule has 12 heavy (non-hydrogen) atoms. The molecule has 1 N–H and O–H groups in total. The predicted molar refractivity (Wildman–Crippen MR) is 48.6 cm³/mol. The number of carboxylic acid groups (broad SMARTS) is 1. The van der Waals surface area contributed by atoms with E-state index >= 15 is 0 Å². The number of halogens is 1. The van der Waals surface area contributed by atoms with Gasteiger partial charge in [-0.25, -0.2) is 9.78 Å². The van der Waals surface area contributed by atoms with Crippen LogP contribution in [0.4, 0.5) is 0 Å². The lowest BCUT2D eigenvalue weighted by Gasteiger charge is -1.98. The molecule has 1 aromatic rings. The Morgan fingerprint density at radius 1 is 1.58 bits per heavy atom. The molecule has 1 aromatic heterocycles. The first-order valence-electron chi connectivity index (χ1n) is 3.15. The third-order valence-corrected chi connectivity index (χ3v) is 1.80. The quantitative estimate of drug-likeness (QED) is 0.621. The molecule has 4 heteroatoms. The standard InChI is InChI=1S/C8H6BrNO2/c1-5(8(11)12)6-2-3-7(9)10-4-6/h2-4H,1H2,(H,11,12). The molecule has 0 aromatic carbocycles. The Labute approximate surface area is 77.9 Å². The minimum Gasteiger partial charge on any atom is -0.478 e. The van der Waals surface area contributed by atoms with Crippen molar-refractivity contribution in [1.82, 2.24) is 4.98 Å². The Balaban J connectivity index is 2.98. The third-order valence-electron chi connectivity index (χ3n) is 1.33. The molecule has 0 atom stereocenters. The molecule has 0 spiro atoms. The average molecular weight is 228 g/mol. The van der Waals surface area contributed by atoms with Gasteiger partial charge in [0.1, 0.15) is 4.60 Å². The van der Waals surface area contributed by atoms with E-state index in [0.717, 1.165) is 0 Å². The first-order valence-corrected chi connectivity index (χ1v) is 3.94. The summed E-state index contributed by atoms with van der Waals surface area (Å²) in [6.07, 6.45) is 1.46. The van der Waals surface area contributed by atoms with Crippen LogP contribution < -0.4 is 0 Å². The van der Waals surface area contributed by atoms with Crippen LogP contribution in [0.25, 0.3) is 5.57 Å². The number of pyridine rings is 1. The zero-order valence-electron chi connectivity index (χ0n) is 6.12. The van der Waals surface area contributed by atoms with Crippen LogP contribution in [0.2, 0.25) is 0 Å². The van der Waals surface area contributed by atoms with E-state index in [9.17, 15) is 4.79 Å². The highest BCUT2D eigenvalue weighted by atomic mass is 79.9. The van der Waals surface area contributed by atoms with Crippen LogP contribution in [-0.2, 0) is 4.79 Å². The van der Waals surface area contributed by atoms with Gasteiger partial charge in [-0.2, -0.15) is 0 Å². The van der Waals surface area contributed by atoms with Crippen molar-refractivity contribution in [2.75, 3.05) is 0 Å². The lowest BCUT2D eigenvalue weighted by Crippen LogP contribution is -1.97. The van der Waals surface area contributed by atoms with Crippen LogP contribution in [0.3, 0.4) is 0 Å². The molecule has 1 heterocycles. The number of nitrogens with zero attached hydrogens (tertiary/aromatic N) is 1. The number of hydrogen-bond donors (Lipinski definition) is 1. The maximum absolute atomic E-state index is 10.4. The summed E-state index contributed by atoms with van der Waals surface area (Å²) in [6, 6.07) is 3.32. The van der Waals surface area contributed by atoms with Gasteiger partial charge in [-0.15, -0.1) is 0 Å². The SMILES string of the molecule is C=C(C(=O)O)c1ccc(Br)nc1. The van der Waals surface area contributed by atoms with Crippen molar-refractivity contribution in [2.45, 2.75) is 0 Å². The van der Waals surface area contributed by atoms with Gasteiger partial charge >= 0.3 is 5.97 Å². The zero-order chi connectivity index (χ0) is 9.14. The average Bonchev–Trinajstić information content (AvgIpc) is 2.04. The molecular weight excluding hydrogens is 222 g/mol. The molecule has 0 unspecified atom stereocenters. The number of carboxylic acids is 1. The van der Waals surface area contributed by atoms with Gasteiger partial charge < -0.3 is 5.11 Å². The van der Waals surface area contributed by atoms with E-state index in [1.807, 2.05) is 0 Å². The minimum absolute atomic E-state index is 0.0509. The fourth-order valence-corrected chi connectivity index (χ4v) is 0.912. The van der Waals surface area contributed by atoms with Crippen LogP contribution in [0.15, 0.2) is 29.5 Å². The fourth-order valence-electron chi connectivity index (χ4n) is 0.678. The van der Waals surface area contributed by atoms with Gasteiger partial charge in [-0.3, -0.25) is 0 Å². The number of rotatable bonds is 2. The smallest absolute Gasteiger partial charge is 0.335 e. The molecule has 1 rings (SSSR count). The van der Waals surface area contributed by atoms with E-state index in [4.69, 9.17) is 5.11 Å². The highest BCUT2D eigenvalue weighted by Gasteiger charge is 2.06. The van der Waals surface area contributed by atoms with E-state index in [1.165, 1.54) is 6.20 Å². The summed E-state index contributed by atoms with van der Waals surface area (Å²) in [6.45, 7) is 3.40. The van der Waals surface area contributed by atoms with Crippen LogP contribution >= 0.6 is 15.9 Å². The highest BCUT2D eigenvalue weighted by Crippen LogP contribution is 2.13. The zero-order valence-corrected chi connectivity index (χ0v) is 7.71. The van der Waals surface area contributed by atoms with Crippen molar-refractivity contribution in [3.8, 4) is 0 Å². The van der Waals surface area contributed by atoms with Crippen molar-refractivity contribution in [3.63, 3.8) is 0 Å². The van der Waals surface area contributed by atoms with Gasteiger partial charge in [0.15, 0.2) is 0 Å². The van der Waals surface area contributed by atoms with Crippen LogP contribution in [-0.4, -0.2) is 16.1 Å². The van der Waals surface area contributed by atoms with Gasteiger partial charge in [-0.05, 0) is 28.1 Å². The van der Waals surface area contributed by atoms with Gasteiger partial charge in [-0.1, -0.05) is 6.58 Å². The van der Waals surface area contributed by atoms with Gasteiger partial charge in [0.2, 0.25) is 0 Å². The van der Waals surface area contributed by atoms with E-state index in [2.05, 4.69) is 27.5 Å². The normalized spacial score (nSPS) is 9.42. The monoisotopic (exact) mass is 227 g/mol. The molecule has 62 valence electrons. The van der Waals surface area contributed by atoms with Crippen molar-refractivity contribution in [1.29, 1.82) is 0 Å². The van der Waals surface area contributed by atoms with E-state index in [1.54, 1.807) is 12.1 Å². The Hall–Kier alpha value is -1.16. The van der Waals surface area contributed by atoms with Crippen molar-refractivity contribution in [3.05, 3.63) is 35.1 Å².